The Morgan fingerprint density at radius 3 is 2.30 bits per heavy atom. The summed E-state index contributed by atoms with van der Waals surface area (Å²) in [6.45, 7) is 3.92. The molecule has 0 heterocycles. The minimum Gasteiger partial charge on any atom is -0.481 e. The molecule has 2 aromatic carbocycles. The van der Waals surface area contributed by atoms with Gasteiger partial charge in [0, 0.05) is 0 Å². The Balaban J connectivity index is 2.14. The number of carboxylic acid groups (broad SMARTS) is 1. The molecular formula is C18H20O2. The van der Waals surface area contributed by atoms with Gasteiger partial charge in [0.1, 0.15) is 0 Å². The molecule has 2 atom stereocenters. The normalized spacial score (nSPS) is 13.7. The van der Waals surface area contributed by atoms with Gasteiger partial charge in [-0.1, -0.05) is 61.5 Å². The fourth-order valence-corrected chi connectivity index (χ4v) is 2.38. The van der Waals surface area contributed by atoms with Crippen molar-refractivity contribution in [1.29, 1.82) is 0 Å². The maximum Gasteiger partial charge on any atom is 0.310 e. The van der Waals surface area contributed by atoms with Gasteiger partial charge in [-0.2, -0.15) is 0 Å². The molecule has 0 amide bonds. The summed E-state index contributed by atoms with van der Waals surface area (Å²) in [5.74, 6) is -0.813. The van der Waals surface area contributed by atoms with Crippen molar-refractivity contribution in [3.8, 4) is 0 Å². The van der Waals surface area contributed by atoms with Gasteiger partial charge in [-0.25, -0.2) is 0 Å². The van der Waals surface area contributed by atoms with Crippen LogP contribution in [-0.2, 0) is 11.2 Å². The monoisotopic (exact) mass is 268 g/mol. The molecule has 2 aromatic rings. The number of hydrogen-bond acceptors (Lipinski definition) is 1. The minimum atomic E-state index is -0.779. The van der Waals surface area contributed by atoms with E-state index in [1.807, 2.05) is 24.3 Å². The zero-order chi connectivity index (χ0) is 14.5. The highest BCUT2D eigenvalue weighted by atomic mass is 16.4. The molecular weight excluding hydrogens is 248 g/mol. The van der Waals surface area contributed by atoms with Crippen LogP contribution < -0.4 is 0 Å². The van der Waals surface area contributed by atoms with Gasteiger partial charge in [0.15, 0.2) is 0 Å². The fourth-order valence-electron chi connectivity index (χ4n) is 2.38. The molecule has 2 rings (SSSR count). The zero-order valence-electron chi connectivity index (χ0n) is 11.9. The highest BCUT2D eigenvalue weighted by Crippen LogP contribution is 2.23. The highest BCUT2D eigenvalue weighted by Gasteiger charge is 2.14. The first kappa shape index (κ1) is 14.3. The number of aliphatic carboxylic acids is 1. The van der Waals surface area contributed by atoms with E-state index in [-0.39, 0.29) is 0 Å². The lowest BCUT2D eigenvalue weighted by Gasteiger charge is -2.14. The van der Waals surface area contributed by atoms with Gasteiger partial charge < -0.3 is 5.11 Å². The smallest absolute Gasteiger partial charge is 0.310 e. The second kappa shape index (κ2) is 6.38. The molecule has 20 heavy (non-hydrogen) atoms. The topological polar surface area (TPSA) is 37.3 Å². The van der Waals surface area contributed by atoms with Crippen molar-refractivity contribution < 1.29 is 9.90 Å². The molecule has 2 nitrogen and oxygen atoms in total. The lowest BCUT2D eigenvalue weighted by molar-refractivity contribution is -0.138. The van der Waals surface area contributed by atoms with Crippen LogP contribution in [0.1, 0.15) is 42.4 Å². The molecule has 104 valence electrons. The molecule has 0 aliphatic heterocycles. The van der Waals surface area contributed by atoms with Crippen molar-refractivity contribution in [1.82, 2.24) is 0 Å². The van der Waals surface area contributed by atoms with Crippen molar-refractivity contribution in [2.75, 3.05) is 0 Å². The zero-order valence-corrected chi connectivity index (χ0v) is 11.9. The van der Waals surface area contributed by atoms with E-state index in [0.29, 0.717) is 5.92 Å². The van der Waals surface area contributed by atoms with Crippen LogP contribution in [0.2, 0.25) is 0 Å². The van der Waals surface area contributed by atoms with Crippen LogP contribution in [-0.4, -0.2) is 11.1 Å². The molecule has 0 spiro atoms. The summed E-state index contributed by atoms with van der Waals surface area (Å²) in [5, 5.41) is 9.09. The third-order valence-corrected chi connectivity index (χ3v) is 3.73. The Kier molecular flexibility index (Phi) is 4.57. The van der Waals surface area contributed by atoms with Crippen LogP contribution in [0, 0.1) is 0 Å². The van der Waals surface area contributed by atoms with E-state index < -0.39 is 11.9 Å². The van der Waals surface area contributed by atoms with Crippen LogP contribution in [0.15, 0.2) is 54.6 Å². The highest BCUT2D eigenvalue weighted by molar-refractivity contribution is 5.75. The van der Waals surface area contributed by atoms with Crippen molar-refractivity contribution in [3.63, 3.8) is 0 Å². The van der Waals surface area contributed by atoms with Crippen molar-refractivity contribution in [2.45, 2.75) is 32.1 Å². The summed E-state index contributed by atoms with van der Waals surface area (Å²) >= 11 is 0. The molecule has 0 aromatic heterocycles. The molecule has 2 heteroatoms. The van der Waals surface area contributed by atoms with Crippen LogP contribution in [0.4, 0.5) is 0 Å². The maximum atomic E-state index is 11.1. The Morgan fingerprint density at radius 2 is 1.65 bits per heavy atom. The Labute approximate surface area is 120 Å². The third kappa shape index (κ3) is 3.47. The molecule has 0 aliphatic carbocycles. The molecule has 0 radical (unpaired) electrons. The van der Waals surface area contributed by atoms with E-state index in [1.165, 1.54) is 11.1 Å². The van der Waals surface area contributed by atoms with Crippen LogP contribution in [0.3, 0.4) is 0 Å². The summed E-state index contributed by atoms with van der Waals surface area (Å²) in [5.41, 5.74) is 3.37. The Morgan fingerprint density at radius 1 is 1.00 bits per heavy atom. The third-order valence-electron chi connectivity index (χ3n) is 3.73. The van der Waals surface area contributed by atoms with E-state index in [4.69, 9.17) is 5.11 Å². The van der Waals surface area contributed by atoms with Crippen molar-refractivity contribution in [3.05, 3.63) is 71.3 Å². The minimum absolute atomic E-state index is 0.423. The van der Waals surface area contributed by atoms with E-state index >= 15 is 0 Å². The number of carbonyl (C=O) groups is 1. The Hall–Kier alpha value is -2.09. The number of carboxylic acids is 1. The van der Waals surface area contributed by atoms with Crippen LogP contribution in [0.5, 0.6) is 0 Å². The van der Waals surface area contributed by atoms with Gasteiger partial charge >= 0.3 is 5.97 Å². The standard InChI is InChI=1S/C18H20O2/c1-13(16-8-4-3-5-9-16)11-15-7-6-10-17(12-15)14(2)18(19)20/h3-10,12-14H,11H2,1-2H3,(H,19,20)/t13-,14-/m1/s1. The van der Waals surface area contributed by atoms with E-state index in [1.54, 1.807) is 6.92 Å². The summed E-state index contributed by atoms with van der Waals surface area (Å²) in [6, 6.07) is 18.3. The van der Waals surface area contributed by atoms with E-state index in [9.17, 15) is 4.79 Å². The first-order chi connectivity index (χ1) is 9.58. The van der Waals surface area contributed by atoms with Crippen LogP contribution >= 0.6 is 0 Å². The maximum absolute atomic E-state index is 11.1. The van der Waals surface area contributed by atoms with Crippen molar-refractivity contribution in [2.24, 2.45) is 0 Å². The van der Waals surface area contributed by atoms with E-state index in [2.05, 4.69) is 37.3 Å². The molecule has 0 aliphatic rings. The molecule has 1 N–H and O–H groups in total. The van der Waals surface area contributed by atoms with Gasteiger partial charge in [-0.15, -0.1) is 0 Å². The summed E-state index contributed by atoms with van der Waals surface area (Å²) in [6.07, 6.45) is 0.921. The van der Waals surface area contributed by atoms with E-state index in [0.717, 1.165) is 12.0 Å². The molecule has 0 fully saturated rings. The van der Waals surface area contributed by atoms with Gasteiger partial charge in [0.2, 0.25) is 0 Å². The largest absolute Gasteiger partial charge is 0.481 e. The first-order valence-electron chi connectivity index (χ1n) is 6.94. The van der Waals surface area contributed by atoms with Gasteiger partial charge in [-0.05, 0) is 36.0 Å². The summed E-state index contributed by atoms with van der Waals surface area (Å²) in [7, 11) is 0. The lowest BCUT2D eigenvalue weighted by Crippen LogP contribution is -2.08. The first-order valence-corrected chi connectivity index (χ1v) is 6.94. The predicted octanol–water partition coefficient (Wildman–Crippen LogP) is 4.22. The number of rotatable bonds is 5. The number of benzene rings is 2. The van der Waals surface area contributed by atoms with Gasteiger partial charge in [-0.3, -0.25) is 4.79 Å². The molecule has 0 saturated heterocycles. The predicted molar refractivity (Wildman–Crippen MR) is 81.1 cm³/mol. The van der Waals surface area contributed by atoms with Gasteiger partial charge in [0.25, 0.3) is 0 Å². The average molecular weight is 268 g/mol. The second-order valence-electron chi connectivity index (χ2n) is 5.32. The average Bonchev–Trinajstić information content (AvgIpc) is 2.47. The fraction of sp³-hybridized carbons (Fsp3) is 0.278. The molecule has 0 unspecified atom stereocenters. The van der Waals surface area contributed by atoms with Gasteiger partial charge in [0.05, 0.1) is 5.92 Å². The molecule has 0 saturated carbocycles. The summed E-state index contributed by atoms with van der Waals surface area (Å²) < 4.78 is 0. The van der Waals surface area contributed by atoms with Crippen molar-refractivity contribution >= 4 is 5.97 Å². The lowest BCUT2D eigenvalue weighted by atomic mass is 9.91. The summed E-state index contributed by atoms with van der Waals surface area (Å²) in [4.78, 5) is 11.1. The molecule has 0 bridgehead atoms. The second-order valence-corrected chi connectivity index (χ2v) is 5.32. The quantitative estimate of drug-likeness (QED) is 0.881. The SMILES string of the molecule is C[C@H](Cc1cccc([C@@H](C)C(=O)O)c1)c1ccccc1. The van der Waals surface area contributed by atoms with Crippen LogP contribution in [0.25, 0.3) is 0 Å². The Bertz CT molecular complexity index is 575. The number of hydrogen-bond donors (Lipinski definition) is 1.